The Kier molecular flexibility index (Phi) is 5.66. The predicted octanol–water partition coefficient (Wildman–Crippen LogP) is 4.56. The molecule has 0 bridgehead atoms. The van der Waals surface area contributed by atoms with Gasteiger partial charge in [-0.2, -0.15) is 15.2 Å². The molecule has 8 nitrogen and oxygen atoms in total. The third kappa shape index (κ3) is 4.31. The molecule has 1 amide bonds. The molecule has 0 aliphatic carbocycles. The fourth-order valence-electron chi connectivity index (χ4n) is 3.43. The monoisotopic (exact) mass is 442 g/mol. The molecule has 33 heavy (non-hydrogen) atoms. The molecule has 0 radical (unpaired) electrons. The SMILES string of the molecule is CC1=NN(c2ccc(C)c(C)c2)C(=O)/C1=N\Nc1cc(-c2ccc(O)cc2)ccc1C(=O)O. The lowest BCUT2D eigenvalue weighted by Crippen LogP contribution is -2.28. The van der Waals surface area contributed by atoms with Crippen molar-refractivity contribution in [3.8, 4) is 16.9 Å². The van der Waals surface area contributed by atoms with Crippen LogP contribution in [-0.2, 0) is 4.79 Å². The molecular weight excluding hydrogens is 420 g/mol. The molecule has 0 unspecified atom stereocenters. The number of phenols is 1. The molecule has 3 N–H and O–H groups in total. The molecule has 0 atom stereocenters. The largest absolute Gasteiger partial charge is 0.508 e. The van der Waals surface area contributed by atoms with Crippen molar-refractivity contribution in [1.29, 1.82) is 0 Å². The summed E-state index contributed by atoms with van der Waals surface area (Å²) in [6, 6.07) is 16.9. The van der Waals surface area contributed by atoms with E-state index in [1.807, 2.05) is 32.0 Å². The lowest BCUT2D eigenvalue weighted by atomic mass is 10.0. The van der Waals surface area contributed by atoms with Crippen LogP contribution < -0.4 is 10.4 Å². The predicted molar refractivity (Wildman–Crippen MR) is 128 cm³/mol. The molecule has 8 heteroatoms. The molecule has 0 aromatic heterocycles. The van der Waals surface area contributed by atoms with Crippen molar-refractivity contribution in [3.05, 3.63) is 77.4 Å². The number of benzene rings is 3. The molecule has 0 saturated heterocycles. The molecule has 3 aromatic rings. The highest BCUT2D eigenvalue weighted by Crippen LogP contribution is 2.28. The summed E-state index contributed by atoms with van der Waals surface area (Å²) in [5.41, 5.74) is 7.78. The maximum absolute atomic E-state index is 13.0. The van der Waals surface area contributed by atoms with E-state index in [0.717, 1.165) is 22.3 Å². The minimum atomic E-state index is -1.13. The number of aromatic carboxylic acids is 1. The van der Waals surface area contributed by atoms with Crippen LogP contribution in [0, 0.1) is 13.8 Å². The van der Waals surface area contributed by atoms with Crippen molar-refractivity contribution >= 4 is 34.7 Å². The van der Waals surface area contributed by atoms with Crippen molar-refractivity contribution < 1.29 is 19.8 Å². The van der Waals surface area contributed by atoms with E-state index in [1.165, 1.54) is 11.1 Å². The first kappa shape index (κ1) is 21.8. The maximum Gasteiger partial charge on any atom is 0.337 e. The van der Waals surface area contributed by atoms with Gasteiger partial charge in [0.2, 0.25) is 0 Å². The summed E-state index contributed by atoms with van der Waals surface area (Å²) in [5.74, 6) is -1.40. The number of carboxylic acids is 1. The van der Waals surface area contributed by atoms with E-state index in [9.17, 15) is 19.8 Å². The van der Waals surface area contributed by atoms with Crippen LogP contribution >= 0.6 is 0 Å². The molecule has 1 heterocycles. The summed E-state index contributed by atoms with van der Waals surface area (Å²) in [7, 11) is 0. The Bertz CT molecular complexity index is 1330. The van der Waals surface area contributed by atoms with E-state index < -0.39 is 11.9 Å². The van der Waals surface area contributed by atoms with Gasteiger partial charge >= 0.3 is 11.9 Å². The first-order valence-electron chi connectivity index (χ1n) is 10.2. The van der Waals surface area contributed by atoms with E-state index in [-0.39, 0.29) is 22.7 Å². The highest BCUT2D eigenvalue weighted by atomic mass is 16.4. The van der Waals surface area contributed by atoms with Gasteiger partial charge in [0.25, 0.3) is 0 Å². The number of hydrazone groups is 2. The molecule has 166 valence electrons. The minimum absolute atomic E-state index is 0.00734. The van der Waals surface area contributed by atoms with Crippen molar-refractivity contribution in [2.45, 2.75) is 20.8 Å². The van der Waals surface area contributed by atoms with Crippen molar-refractivity contribution in [2.75, 3.05) is 10.4 Å². The van der Waals surface area contributed by atoms with E-state index in [0.29, 0.717) is 11.4 Å². The number of rotatable bonds is 5. The zero-order chi connectivity index (χ0) is 23.7. The second kappa shape index (κ2) is 8.58. The van der Waals surface area contributed by atoms with E-state index >= 15 is 0 Å². The van der Waals surface area contributed by atoms with E-state index in [2.05, 4.69) is 15.6 Å². The Balaban J connectivity index is 1.65. The topological polar surface area (TPSA) is 115 Å². The quantitative estimate of drug-likeness (QED) is 0.501. The van der Waals surface area contributed by atoms with Gasteiger partial charge in [-0.25, -0.2) is 4.79 Å². The van der Waals surface area contributed by atoms with Gasteiger partial charge in [0.05, 0.1) is 22.6 Å². The molecule has 0 fully saturated rings. The van der Waals surface area contributed by atoms with Gasteiger partial charge in [0, 0.05) is 0 Å². The van der Waals surface area contributed by atoms with Crippen LogP contribution in [0.15, 0.2) is 70.9 Å². The third-order valence-corrected chi connectivity index (χ3v) is 5.46. The van der Waals surface area contributed by atoms with Gasteiger partial charge in [-0.05, 0) is 79.4 Å². The molecule has 3 aromatic carbocycles. The lowest BCUT2D eigenvalue weighted by molar-refractivity contribution is -0.112. The number of carboxylic acid groups (broad SMARTS) is 1. The van der Waals surface area contributed by atoms with E-state index in [1.54, 1.807) is 43.3 Å². The van der Waals surface area contributed by atoms with Gasteiger partial charge < -0.3 is 10.2 Å². The summed E-state index contributed by atoms with van der Waals surface area (Å²) < 4.78 is 0. The van der Waals surface area contributed by atoms with Crippen LogP contribution in [0.4, 0.5) is 11.4 Å². The van der Waals surface area contributed by atoms with Gasteiger partial charge in [0.1, 0.15) is 5.75 Å². The van der Waals surface area contributed by atoms with Crippen LogP contribution in [0.5, 0.6) is 5.75 Å². The fourth-order valence-corrected chi connectivity index (χ4v) is 3.43. The summed E-state index contributed by atoms with van der Waals surface area (Å²) in [4.78, 5) is 24.7. The number of carbonyl (C=O) groups excluding carboxylic acids is 1. The summed E-state index contributed by atoms with van der Waals surface area (Å²) >= 11 is 0. The second-order valence-corrected chi connectivity index (χ2v) is 7.76. The number of aryl methyl sites for hydroxylation is 2. The average Bonchev–Trinajstić information content (AvgIpc) is 3.07. The number of aromatic hydroxyl groups is 1. The van der Waals surface area contributed by atoms with Crippen LogP contribution in [-0.4, -0.2) is 33.5 Å². The van der Waals surface area contributed by atoms with Crippen molar-refractivity contribution in [2.24, 2.45) is 10.2 Å². The smallest absolute Gasteiger partial charge is 0.337 e. The fraction of sp³-hybridized carbons (Fsp3) is 0.120. The standard InChI is InChI=1S/C25H22N4O4/c1-14-4-8-19(12-15(14)2)29-24(31)23(16(3)28-29)27-26-22-13-18(7-11-21(22)25(32)33)17-5-9-20(30)10-6-17/h4-13,26,30H,1-3H3,(H,32,33)/b27-23-. The van der Waals surface area contributed by atoms with Gasteiger partial charge in [-0.1, -0.05) is 24.3 Å². The molecule has 1 aliphatic rings. The summed E-state index contributed by atoms with van der Waals surface area (Å²) in [5, 5.41) is 28.9. The number of nitrogens with zero attached hydrogens (tertiary/aromatic N) is 3. The first-order chi connectivity index (χ1) is 15.7. The number of anilines is 2. The number of phenolic OH excluding ortho intramolecular Hbond substituents is 1. The van der Waals surface area contributed by atoms with Crippen LogP contribution in [0.3, 0.4) is 0 Å². The Labute approximate surface area is 190 Å². The average molecular weight is 442 g/mol. The number of hydrogen-bond donors (Lipinski definition) is 3. The van der Waals surface area contributed by atoms with Crippen LogP contribution in [0.1, 0.15) is 28.4 Å². The zero-order valence-electron chi connectivity index (χ0n) is 18.3. The van der Waals surface area contributed by atoms with E-state index in [4.69, 9.17) is 0 Å². The van der Waals surface area contributed by atoms with Gasteiger partial charge in [0.15, 0.2) is 5.71 Å². The Morgan fingerprint density at radius 1 is 0.939 bits per heavy atom. The zero-order valence-corrected chi connectivity index (χ0v) is 18.3. The maximum atomic E-state index is 13.0. The minimum Gasteiger partial charge on any atom is -0.508 e. The lowest BCUT2D eigenvalue weighted by Gasteiger charge is -2.13. The van der Waals surface area contributed by atoms with Crippen LogP contribution in [0.25, 0.3) is 11.1 Å². The number of nitrogens with one attached hydrogen (secondary N) is 1. The van der Waals surface area contributed by atoms with Crippen molar-refractivity contribution in [3.63, 3.8) is 0 Å². The highest BCUT2D eigenvalue weighted by molar-refractivity contribution is 6.71. The molecule has 0 saturated carbocycles. The summed E-state index contributed by atoms with van der Waals surface area (Å²) in [6.07, 6.45) is 0. The first-order valence-corrected chi connectivity index (χ1v) is 10.2. The Hall–Kier alpha value is -4.46. The normalized spacial score (nSPS) is 14.5. The third-order valence-electron chi connectivity index (χ3n) is 5.46. The van der Waals surface area contributed by atoms with Crippen LogP contribution in [0.2, 0.25) is 0 Å². The van der Waals surface area contributed by atoms with Gasteiger partial charge in [-0.15, -0.1) is 0 Å². The number of carbonyl (C=O) groups is 2. The second-order valence-electron chi connectivity index (χ2n) is 7.76. The summed E-state index contributed by atoms with van der Waals surface area (Å²) in [6.45, 7) is 5.62. The number of hydrogen-bond acceptors (Lipinski definition) is 6. The Morgan fingerprint density at radius 2 is 1.64 bits per heavy atom. The molecule has 4 rings (SSSR count). The molecular formula is C25H22N4O4. The molecule has 1 aliphatic heterocycles. The Morgan fingerprint density at radius 3 is 2.30 bits per heavy atom. The van der Waals surface area contributed by atoms with Gasteiger partial charge in [-0.3, -0.25) is 10.2 Å². The molecule has 0 spiro atoms. The highest BCUT2D eigenvalue weighted by Gasteiger charge is 2.31. The van der Waals surface area contributed by atoms with Crippen molar-refractivity contribution in [1.82, 2.24) is 0 Å². The number of amides is 1.